The van der Waals surface area contributed by atoms with Gasteiger partial charge in [-0.25, -0.2) is 4.39 Å². The second kappa shape index (κ2) is 3.94. The van der Waals surface area contributed by atoms with Crippen LogP contribution in [0.5, 0.6) is 11.5 Å². The Kier molecular flexibility index (Phi) is 2.44. The Morgan fingerprint density at radius 3 is 2.94 bits per heavy atom. The van der Waals surface area contributed by atoms with Crippen molar-refractivity contribution in [3.05, 3.63) is 24.0 Å². The van der Waals surface area contributed by atoms with Gasteiger partial charge >= 0.3 is 0 Å². The fourth-order valence-corrected chi connectivity index (χ4v) is 2.03. The Morgan fingerprint density at radius 2 is 2.19 bits per heavy atom. The van der Waals surface area contributed by atoms with Gasteiger partial charge in [-0.1, -0.05) is 0 Å². The minimum Gasteiger partial charge on any atom is -0.486 e. The van der Waals surface area contributed by atoms with E-state index in [0.717, 1.165) is 19.6 Å². The van der Waals surface area contributed by atoms with E-state index >= 15 is 0 Å². The number of halogens is 1. The average Bonchev–Trinajstić information content (AvgIpc) is 2.23. The molecule has 2 aliphatic rings. The van der Waals surface area contributed by atoms with Gasteiger partial charge in [0.2, 0.25) is 0 Å². The van der Waals surface area contributed by atoms with Gasteiger partial charge in [0, 0.05) is 12.6 Å². The van der Waals surface area contributed by atoms with Gasteiger partial charge in [-0.15, -0.1) is 0 Å². The zero-order valence-corrected chi connectivity index (χ0v) is 8.99. The lowest BCUT2D eigenvalue weighted by molar-refractivity contribution is 0.0400. The molecule has 0 aliphatic carbocycles. The van der Waals surface area contributed by atoms with Crippen molar-refractivity contribution in [2.75, 3.05) is 26.2 Å². The van der Waals surface area contributed by atoms with E-state index in [-0.39, 0.29) is 11.9 Å². The van der Waals surface area contributed by atoms with E-state index in [1.807, 2.05) is 0 Å². The summed E-state index contributed by atoms with van der Waals surface area (Å²) in [6.45, 7) is 3.69. The second-order valence-corrected chi connectivity index (χ2v) is 4.30. The molecule has 3 rings (SSSR count). The number of nitrogens with zero attached hydrogens (tertiary/aromatic N) is 1. The lowest BCUT2D eigenvalue weighted by Crippen LogP contribution is -2.46. The topological polar surface area (TPSA) is 21.7 Å². The normalized spacial score (nSPS) is 23.9. The molecule has 16 heavy (non-hydrogen) atoms. The van der Waals surface area contributed by atoms with Crippen LogP contribution in [-0.2, 0) is 0 Å². The van der Waals surface area contributed by atoms with Gasteiger partial charge < -0.3 is 9.47 Å². The van der Waals surface area contributed by atoms with Crippen LogP contribution in [0.3, 0.4) is 0 Å². The zero-order valence-electron chi connectivity index (χ0n) is 8.99. The molecule has 4 heteroatoms. The largest absolute Gasteiger partial charge is 0.486 e. The van der Waals surface area contributed by atoms with Crippen LogP contribution >= 0.6 is 0 Å². The Balaban J connectivity index is 1.69. The van der Waals surface area contributed by atoms with E-state index < -0.39 is 0 Å². The molecule has 2 heterocycles. The van der Waals surface area contributed by atoms with Crippen molar-refractivity contribution in [2.24, 2.45) is 0 Å². The highest BCUT2D eigenvalue weighted by molar-refractivity contribution is 5.41. The Hall–Kier alpha value is -1.29. The van der Waals surface area contributed by atoms with Crippen LogP contribution in [0.1, 0.15) is 6.42 Å². The molecule has 1 saturated heterocycles. The summed E-state index contributed by atoms with van der Waals surface area (Å²) < 4.78 is 24.3. The molecule has 0 saturated carbocycles. The number of hydrogen-bond donors (Lipinski definition) is 0. The minimum atomic E-state index is -0.285. The first-order valence-corrected chi connectivity index (χ1v) is 5.62. The van der Waals surface area contributed by atoms with Crippen LogP contribution < -0.4 is 9.47 Å². The molecule has 3 nitrogen and oxygen atoms in total. The van der Waals surface area contributed by atoms with Crippen LogP contribution in [0.4, 0.5) is 4.39 Å². The van der Waals surface area contributed by atoms with Crippen molar-refractivity contribution >= 4 is 0 Å². The van der Waals surface area contributed by atoms with Gasteiger partial charge in [0.25, 0.3) is 0 Å². The van der Waals surface area contributed by atoms with Gasteiger partial charge in [-0.3, -0.25) is 4.90 Å². The lowest BCUT2D eigenvalue weighted by atomic mass is 10.2. The second-order valence-electron chi connectivity index (χ2n) is 4.30. The summed E-state index contributed by atoms with van der Waals surface area (Å²) in [5.41, 5.74) is 0. The predicted molar refractivity (Wildman–Crippen MR) is 57.4 cm³/mol. The molecule has 1 unspecified atom stereocenters. The van der Waals surface area contributed by atoms with Crippen LogP contribution in [0.2, 0.25) is 0 Å². The molecule has 0 radical (unpaired) electrons. The summed E-state index contributed by atoms with van der Waals surface area (Å²) in [7, 11) is 0. The van der Waals surface area contributed by atoms with E-state index in [4.69, 9.17) is 9.47 Å². The molecular formula is C12H14FNO2. The van der Waals surface area contributed by atoms with E-state index in [2.05, 4.69) is 4.90 Å². The van der Waals surface area contributed by atoms with Crippen LogP contribution in [0.15, 0.2) is 18.2 Å². The van der Waals surface area contributed by atoms with Crippen molar-refractivity contribution in [3.63, 3.8) is 0 Å². The molecule has 1 atom stereocenters. The number of ether oxygens (including phenoxy) is 2. The maximum atomic E-state index is 13.0. The first-order valence-electron chi connectivity index (χ1n) is 5.62. The summed E-state index contributed by atoms with van der Waals surface area (Å²) in [6.07, 6.45) is 1.29. The molecule has 1 aromatic carbocycles. The van der Waals surface area contributed by atoms with E-state index in [9.17, 15) is 4.39 Å². The van der Waals surface area contributed by atoms with Gasteiger partial charge in [-0.2, -0.15) is 0 Å². The number of hydrogen-bond acceptors (Lipinski definition) is 3. The number of benzene rings is 1. The quantitative estimate of drug-likeness (QED) is 0.761. The molecule has 0 spiro atoms. The van der Waals surface area contributed by atoms with Crippen LogP contribution in [0.25, 0.3) is 0 Å². The molecule has 86 valence electrons. The SMILES string of the molecule is Fc1ccc2c(c1)OC(CN1CCC1)CO2. The van der Waals surface area contributed by atoms with Crippen LogP contribution in [-0.4, -0.2) is 37.2 Å². The predicted octanol–water partition coefficient (Wildman–Crippen LogP) is 1.67. The van der Waals surface area contributed by atoms with Crippen molar-refractivity contribution in [2.45, 2.75) is 12.5 Å². The third kappa shape index (κ3) is 1.85. The Morgan fingerprint density at radius 1 is 1.31 bits per heavy atom. The Labute approximate surface area is 93.8 Å². The van der Waals surface area contributed by atoms with Crippen LogP contribution in [0, 0.1) is 5.82 Å². The fraction of sp³-hybridized carbons (Fsp3) is 0.500. The highest BCUT2D eigenvalue weighted by Crippen LogP contribution is 2.32. The van der Waals surface area contributed by atoms with Crippen molar-refractivity contribution < 1.29 is 13.9 Å². The van der Waals surface area contributed by atoms with Gasteiger partial charge in [0.15, 0.2) is 11.5 Å². The lowest BCUT2D eigenvalue weighted by Gasteiger charge is -2.35. The minimum absolute atomic E-state index is 0.0228. The maximum absolute atomic E-state index is 13.0. The number of fused-ring (bicyclic) bond motifs is 1. The van der Waals surface area contributed by atoms with E-state index in [1.54, 1.807) is 6.07 Å². The summed E-state index contributed by atoms with van der Waals surface area (Å²) in [5.74, 6) is 0.880. The summed E-state index contributed by atoms with van der Waals surface area (Å²) in [4.78, 5) is 2.32. The highest BCUT2D eigenvalue weighted by atomic mass is 19.1. The van der Waals surface area contributed by atoms with Gasteiger partial charge in [0.1, 0.15) is 18.5 Å². The van der Waals surface area contributed by atoms with Gasteiger partial charge in [-0.05, 0) is 31.6 Å². The molecule has 0 bridgehead atoms. The van der Waals surface area contributed by atoms with Crippen molar-refractivity contribution in [3.8, 4) is 11.5 Å². The molecule has 0 aromatic heterocycles. The molecule has 0 N–H and O–H groups in total. The summed E-state index contributed by atoms with van der Waals surface area (Å²) >= 11 is 0. The molecule has 0 amide bonds. The van der Waals surface area contributed by atoms with E-state index in [1.165, 1.54) is 18.6 Å². The molecule has 2 aliphatic heterocycles. The standard InChI is InChI=1S/C12H14FNO2/c13-9-2-3-11-12(6-9)16-10(8-15-11)7-14-4-1-5-14/h2-3,6,10H,1,4-5,7-8H2. The van der Waals surface area contributed by atoms with Gasteiger partial charge in [0.05, 0.1) is 0 Å². The Bertz CT molecular complexity index is 393. The third-order valence-electron chi connectivity index (χ3n) is 3.03. The summed E-state index contributed by atoms with van der Waals surface area (Å²) in [6, 6.07) is 4.39. The number of likely N-dealkylation sites (tertiary alicyclic amines) is 1. The smallest absolute Gasteiger partial charge is 0.164 e. The molecule has 1 aromatic rings. The fourth-order valence-electron chi connectivity index (χ4n) is 2.03. The monoisotopic (exact) mass is 223 g/mol. The molecular weight excluding hydrogens is 209 g/mol. The third-order valence-corrected chi connectivity index (χ3v) is 3.03. The van der Waals surface area contributed by atoms with Crippen molar-refractivity contribution in [1.29, 1.82) is 0 Å². The summed E-state index contributed by atoms with van der Waals surface area (Å²) in [5, 5.41) is 0. The molecule has 1 fully saturated rings. The number of rotatable bonds is 2. The van der Waals surface area contributed by atoms with E-state index in [0.29, 0.717) is 18.1 Å². The first kappa shape index (κ1) is 9.90. The average molecular weight is 223 g/mol. The van der Waals surface area contributed by atoms with Crippen molar-refractivity contribution in [1.82, 2.24) is 4.90 Å². The zero-order chi connectivity index (χ0) is 11.0. The highest BCUT2D eigenvalue weighted by Gasteiger charge is 2.25. The first-order chi connectivity index (χ1) is 7.81. The maximum Gasteiger partial charge on any atom is 0.164 e.